The van der Waals surface area contributed by atoms with Gasteiger partial charge in [-0.25, -0.2) is 4.98 Å². The molecule has 2 heterocycles. The van der Waals surface area contributed by atoms with Gasteiger partial charge >= 0.3 is 0 Å². The predicted molar refractivity (Wildman–Crippen MR) is 99.6 cm³/mol. The summed E-state index contributed by atoms with van der Waals surface area (Å²) >= 11 is 0. The molecule has 0 amide bonds. The summed E-state index contributed by atoms with van der Waals surface area (Å²) in [5, 5.41) is 0.889. The lowest BCUT2D eigenvalue weighted by Crippen LogP contribution is -1.94. The first kappa shape index (κ1) is 15.3. The third kappa shape index (κ3) is 2.74. The average Bonchev–Trinajstić information content (AvgIpc) is 3.05. The Labute approximate surface area is 145 Å². The van der Waals surface area contributed by atoms with Crippen molar-refractivity contribution < 1.29 is 9.21 Å². The molecule has 0 aliphatic carbocycles. The standard InChI is InChI=1S/C22H17NO2/c1-14-18(16-7-4-3-5-8-16)9-6-10-19(14)21-12-17-11-20(15(2)24)23-13-22(17)25-21/h3-13H,1-2H3. The largest absolute Gasteiger partial charge is 0.454 e. The predicted octanol–water partition coefficient (Wildman–Crippen LogP) is 5.67. The number of hydrogen-bond acceptors (Lipinski definition) is 3. The van der Waals surface area contributed by atoms with Gasteiger partial charge < -0.3 is 4.42 Å². The van der Waals surface area contributed by atoms with E-state index in [-0.39, 0.29) is 5.78 Å². The molecule has 2 aromatic heterocycles. The topological polar surface area (TPSA) is 43.1 Å². The Kier molecular flexibility index (Phi) is 3.69. The fourth-order valence-corrected chi connectivity index (χ4v) is 3.10. The lowest BCUT2D eigenvalue weighted by atomic mass is 9.95. The molecule has 0 aliphatic heterocycles. The minimum atomic E-state index is -0.0492. The van der Waals surface area contributed by atoms with Gasteiger partial charge in [-0.05, 0) is 35.7 Å². The quantitative estimate of drug-likeness (QED) is 0.455. The van der Waals surface area contributed by atoms with Crippen LogP contribution in [-0.2, 0) is 0 Å². The van der Waals surface area contributed by atoms with E-state index in [4.69, 9.17) is 4.42 Å². The Hall–Kier alpha value is -3.20. The van der Waals surface area contributed by atoms with Gasteiger partial charge in [0.2, 0.25) is 0 Å². The van der Waals surface area contributed by atoms with Crippen LogP contribution in [0.1, 0.15) is 23.0 Å². The second-order valence-corrected chi connectivity index (χ2v) is 6.12. The smallest absolute Gasteiger partial charge is 0.178 e. The second kappa shape index (κ2) is 6.02. The van der Waals surface area contributed by atoms with Crippen LogP contribution in [0.3, 0.4) is 0 Å². The first-order valence-corrected chi connectivity index (χ1v) is 8.19. The number of carbonyl (C=O) groups excluding carboxylic acids is 1. The molecule has 122 valence electrons. The van der Waals surface area contributed by atoms with Crippen LogP contribution >= 0.6 is 0 Å². The zero-order chi connectivity index (χ0) is 17.4. The van der Waals surface area contributed by atoms with Gasteiger partial charge in [-0.15, -0.1) is 0 Å². The van der Waals surface area contributed by atoms with E-state index in [0.29, 0.717) is 11.3 Å². The van der Waals surface area contributed by atoms with E-state index < -0.39 is 0 Å². The molecule has 0 saturated carbocycles. The number of ketones is 1. The highest BCUT2D eigenvalue weighted by molar-refractivity contribution is 5.96. The molecule has 25 heavy (non-hydrogen) atoms. The van der Waals surface area contributed by atoms with Crippen LogP contribution in [0.25, 0.3) is 33.4 Å². The van der Waals surface area contributed by atoms with Crippen molar-refractivity contribution >= 4 is 16.8 Å². The number of hydrogen-bond donors (Lipinski definition) is 0. The molecule has 0 N–H and O–H groups in total. The van der Waals surface area contributed by atoms with Gasteiger partial charge in [-0.3, -0.25) is 4.79 Å². The number of aromatic nitrogens is 1. The van der Waals surface area contributed by atoms with Crippen LogP contribution in [0.5, 0.6) is 0 Å². The molecule has 0 aliphatic rings. The van der Waals surface area contributed by atoms with Crippen LogP contribution < -0.4 is 0 Å². The van der Waals surface area contributed by atoms with Gasteiger partial charge in [-0.2, -0.15) is 0 Å². The third-order valence-corrected chi connectivity index (χ3v) is 4.45. The van der Waals surface area contributed by atoms with E-state index in [9.17, 15) is 4.79 Å². The van der Waals surface area contributed by atoms with Crippen molar-refractivity contribution in [1.29, 1.82) is 0 Å². The van der Waals surface area contributed by atoms with Gasteiger partial charge in [0.15, 0.2) is 11.4 Å². The summed E-state index contributed by atoms with van der Waals surface area (Å²) in [6, 6.07) is 20.3. The van der Waals surface area contributed by atoms with Crippen molar-refractivity contribution in [3.05, 3.63) is 78.1 Å². The number of furan rings is 1. The number of fused-ring (bicyclic) bond motifs is 1. The molecular weight excluding hydrogens is 310 g/mol. The van der Waals surface area contributed by atoms with E-state index in [2.05, 4.69) is 36.2 Å². The molecule has 2 aromatic carbocycles. The number of Topliss-reactive ketones (excluding diaryl/α,β-unsaturated/α-hetero) is 1. The molecule has 3 heteroatoms. The molecule has 0 atom stereocenters. The van der Waals surface area contributed by atoms with E-state index in [0.717, 1.165) is 22.3 Å². The van der Waals surface area contributed by atoms with Crippen LogP contribution in [-0.4, -0.2) is 10.8 Å². The average molecular weight is 327 g/mol. The number of carbonyl (C=O) groups is 1. The van der Waals surface area contributed by atoms with Crippen molar-refractivity contribution in [2.24, 2.45) is 0 Å². The lowest BCUT2D eigenvalue weighted by molar-refractivity contribution is 0.101. The highest BCUT2D eigenvalue weighted by Crippen LogP contribution is 2.34. The fraction of sp³-hybridized carbons (Fsp3) is 0.0909. The molecule has 0 bridgehead atoms. The third-order valence-electron chi connectivity index (χ3n) is 4.45. The van der Waals surface area contributed by atoms with Crippen molar-refractivity contribution in [3.8, 4) is 22.5 Å². The van der Waals surface area contributed by atoms with Crippen molar-refractivity contribution in [1.82, 2.24) is 4.98 Å². The lowest BCUT2D eigenvalue weighted by Gasteiger charge is -2.09. The second-order valence-electron chi connectivity index (χ2n) is 6.12. The van der Waals surface area contributed by atoms with Crippen molar-refractivity contribution in [2.75, 3.05) is 0 Å². The van der Waals surface area contributed by atoms with Crippen molar-refractivity contribution in [3.63, 3.8) is 0 Å². The summed E-state index contributed by atoms with van der Waals surface area (Å²) in [6.07, 6.45) is 1.62. The minimum Gasteiger partial charge on any atom is -0.454 e. The number of benzene rings is 2. The molecule has 3 nitrogen and oxygen atoms in total. The molecule has 0 radical (unpaired) electrons. The fourth-order valence-electron chi connectivity index (χ4n) is 3.10. The zero-order valence-corrected chi connectivity index (χ0v) is 14.1. The van der Waals surface area contributed by atoms with Crippen molar-refractivity contribution in [2.45, 2.75) is 13.8 Å². The van der Waals surface area contributed by atoms with Crippen LogP contribution in [0, 0.1) is 6.92 Å². The van der Waals surface area contributed by atoms with Crippen LogP contribution in [0.4, 0.5) is 0 Å². The molecular formula is C22H17NO2. The molecule has 4 aromatic rings. The van der Waals surface area contributed by atoms with Crippen LogP contribution in [0.2, 0.25) is 0 Å². The molecule has 0 saturated heterocycles. The maximum absolute atomic E-state index is 11.5. The number of nitrogens with zero attached hydrogens (tertiary/aromatic N) is 1. The zero-order valence-electron chi connectivity index (χ0n) is 14.1. The summed E-state index contributed by atoms with van der Waals surface area (Å²) in [7, 11) is 0. The summed E-state index contributed by atoms with van der Waals surface area (Å²) < 4.78 is 5.99. The highest BCUT2D eigenvalue weighted by Gasteiger charge is 2.13. The van der Waals surface area contributed by atoms with Gasteiger partial charge in [0.1, 0.15) is 11.5 Å². The Balaban J connectivity index is 1.85. The summed E-state index contributed by atoms with van der Waals surface area (Å²) in [5.41, 5.74) is 5.70. The molecule has 0 spiro atoms. The number of pyridine rings is 1. The van der Waals surface area contributed by atoms with Gasteiger partial charge in [-0.1, -0.05) is 48.5 Å². The van der Waals surface area contributed by atoms with E-state index in [1.54, 1.807) is 12.3 Å². The SMILES string of the molecule is CC(=O)c1cc2cc(-c3cccc(-c4ccccc4)c3C)oc2cn1. The van der Waals surface area contributed by atoms with Gasteiger partial charge in [0.05, 0.1) is 6.20 Å². The monoisotopic (exact) mass is 327 g/mol. The summed E-state index contributed by atoms with van der Waals surface area (Å²) in [6.45, 7) is 3.62. The van der Waals surface area contributed by atoms with Gasteiger partial charge in [0.25, 0.3) is 0 Å². The minimum absolute atomic E-state index is 0.0492. The Morgan fingerprint density at radius 3 is 2.48 bits per heavy atom. The van der Waals surface area contributed by atoms with E-state index >= 15 is 0 Å². The Morgan fingerprint density at radius 1 is 0.960 bits per heavy atom. The molecule has 0 unspecified atom stereocenters. The normalized spacial score (nSPS) is 11.0. The summed E-state index contributed by atoms with van der Waals surface area (Å²) in [5.74, 6) is 0.736. The first-order valence-electron chi connectivity index (χ1n) is 8.19. The van der Waals surface area contributed by atoms with E-state index in [1.807, 2.05) is 30.3 Å². The Morgan fingerprint density at radius 2 is 1.72 bits per heavy atom. The van der Waals surface area contributed by atoms with Crippen LogP contribution in [0.15, 0.2) is 71.3 Å². The van der Waals surface area contributed by atoms with E-state index in [1.165, 1.54) is 18.1 Å². The molecule has 4 rings (SSSR count). The highest BCUT2D eigenvalue weighted by atomic mass is 16.3. The summed E-state index contributed by atoms with van der Waals surface area (Å²) in [4.78, 5) is 15.7. The number of rotatable bonds is 3. The maximum atomic E-state index is 11.5. The van der Waals surface area contributed by atoms with Gasteiger partial charge in [0, 0.05) is 17.9 Å². The molecule has 0 fully saturated rings. The first-order chi connectivity index (χ1) is 12.1. The Bertz CT molecular complexity index is 1080. The maximum Gasteiger partial charge on any atom is 0.178 e.